The van der Waals surface area contributed by atoms with Crippen LogP contribution in [0.15, 0.2) is 35.3 Å². The molecule has 2 N–H and O–H groups in total. The van der Waals surface area contributed by atoms with Crippen molar-refractivity contribution in [3.8, 4) is 0 Å². The number of sulfone groups is 1. The molecule has 4 rings (SSSR count). The third kappa shape index (κ3) is 6.34. The Kier molecular flexibility index (Phi) is 7.64. The van der Waals surface area contributed by atoms with E-state index in [0.717, 1.165) is 25.2 Å². The molecule has 7 heteroatoms. The molecular weight excluding hydrogens is 485 g/mol. The van der Waals surface area contributed by atoms with Crippen LogP contribution in [-0.4, -0.2) is 44.5 Å². The Hall–Kier alpha value is -0.830. The Morgan fingerprint density at radius 3 is 2.07 bits per heavy atom. The van der Waals surface area contributed by atoms with Crippen LogP contribution in [0.1, 0.15) is 56.4 Å². The highest BCUT2D eigenvalue weighted by atomic mass is 127. The van der Waals surface area contributed by atoms with Crippen LogP contribution in [0.5, 0.6) is 0 Å². The molecule has 1 aliphatic heterocycles. The molecule has 156 valence electrons. The Labute approximate surface area is 186 Å². The maximum absolute atomic E-state index is 11.7. The van der Waals surface area contributed by atoms with E-state index in [0.29, 0.717) is 36.1 Å². The van der Waals surface area contributed by atoms with E-state index in [9.17, 15) is 8.42 Å². The zero-order chi connectivity index (χ0) is 18.7. The van der Waals surface area contributed by atoms with Crippen molar-refractivity contribution in [3.05, 3.63) is 35.9 Å². The smallest absolute Gasteiger partial charge is 0.191 e. The normalized spacial score (nSPS) is 29.7. The minimum atomic E-state index is -2.82. The molecule has 1 aromatic carbocycles. The molecule has 0 aromatic heterocycles. The van der Waals surface area contributed by atoms with Crippen LogP contribution in [0.25, 0.3) is 0 Å². The van der Waals surface area contributed by atoms with E-state index in [4.69, 9.17) is 4.99 Å². The number of hydrogen-bond donors (Lipinski definition) is 2. The van der Waals surface area contributed by atoms with Crippen LogP contribution in [0.3, 0.4) is 0 Å². The lowest BCUT2D eigenvalue weighted by Crippen LogP contribution is -2.45. The number of aliphatic imine (C=N–C) groups is 1. The molecule has 0 radical (unpaired) electrons. The van der Waals surface area contributed by atoms with Crippen LogP contribution < -0.4 is 10.6 Å². The Bertz CT molecular complexity index is 757. The van der Waals surface area contributed by atoms with Crippen molar-refractivity contribution in [2.24, 2.45) is 10.9 Å². The van der Waals surface area contributed by atoms with Crippen molar-refractivity contribution >= 4 is 39.8 Å². The third-order valence-electron chi connectivity index (χ3n) is 6.09. The molecular formula is C21H32IN3O2S. The van der Waals surface area contributed by atoms with Gasteiger partial charge in [0.15, 0.2) is 15.8 Å². The molecule has 0 bridgehead atoms. The number of benzene rings is 1. The van der Waals surface area contributed by atoms with E-state index < -0.39 is 9.84 Å². The van der Waals surface area contributed by atoms with Gasteiger partial charge in [-0.15, -0.1) is 24.0 Å². The summed E-state index contributed by atoms with van der Waals surface area (Å²) in [4.78, 5) is 4.75. The van der Waals surface area contributed by atoms with Gasteiger partial charge in [-0.3, -0.25) is 4.99 Å². The minimum absolute atomic E-state index is 0. The highest BCUT2D eigenvalue weighted by Crippen LogP contribution is 2.32. The van der Waals surface area contributed by atoms with Crippen molar-refractivity contribution in [2.75, 3.05) is 18.1 Å². The first-order valence-corrected chi connectivity index (χ1v) is 12.2. The summed E-state index contributed by atoms with van der Waals surface area (Å²) in [6.45, 7) is 0.612. The lowest BCUT2D eigenvalue weighted by Gasteiger charge is -2.30. The number of nitrogens with one attached hydrogen (secondary N) is 2. The molecule has 3 fully saturated rings. The first-order chi connectivity index (χ1) is 13.1. The summed E-state index contributed by atoms with van der Waals surface area (Å²) in [5.41, 5.74) is 1.46. The summed E-state index contributed by atoms with van der Waals surface area (Å²) >= 11 is 0. The van der Waals surface area contributed by atoms with E-state index in [1.54, 1.807) is 0 Å². The van der Waals surface area contributed by atoms with E-state index >= 15 is 0 Å². The summed E-state index contributed by atoms with van der Waals surface area (Å²) in [6, 6.07) is 11.8. The average molecular weight is 517 g/mol. The van der Waals surface area contributed by atoms with Gasteiger partial charge in [0.05, 0.1) is 11.5 Å². The largest absolute Gasteiger partial charge is 0.354 e. The summed E-state index contributed by atoms with van der Waals surface area (Å²) < 4.78 is 23.3. The Balaban J connectivity index is 0.00000225. The van der Waals surface area contributed by atoms with Crippen LogP contribution in [0, 0.1) is 5.92 Å². The first kappa shape index (κ1) is 21.9. The summed E-state index contributed by atoms with van der Waals surface area (Å²) in [6.07, 6.45) is 7.90. The lowest BCUT2D eigenvalue weighted by molar-refractivity contribution is 0.371. The van der Waals surface area contributed by atoms with Gasteiger partial charge in [0, 0.05) is 18.6 Å². The number of nitrogens with zero attached hydrogens (tertiary/aromatic N) is 1. The topological polar surface area (TPSA) is 70.6 Å². The number of hydrogen-bond acceptors (Lipinski definition) is 3. The molecule has 0 spiro atoms. The molecule has 1 saturated heterocycles. The molecule has 2 saturated carbocycles. The predicted molar refractivity (Wildman–Crippen MR) is 125 cm³/mol. The van der Waals surface area contributed by atoms with Crippen molar-refractivity contribution in [1.82, 2.24) is 10.6 Å². The summed E-state index contributed by atoms with van der Waals surface area (Å²) in [7, 11) is -2.82. The first-order valence-electron chi connectivity index (χ1n) is 10.4. The van der Waals surface area contributed by atoms with Crippen molar-refractivity contribution in [3.63, 3.8) is 0 Å². The molecule has 0 amide bonds. The summed E-state index contributed by atoms with van der Waals surface area (Å²) in [5, 5.41) is 7.15. The predicted octanol–water partition coefficient (Wildman–Crippen LogP) is 3.46. The highest BCUT2D eigenvalue weighted by Gasteiger charge is 2.29. The van der Waals surface area contributed by atoms with Gasteiger partial charge in [-0.25, -0.2) is 8.42 Å². The third-order valence-corrected chi connectivity index (χ3v) is 7.93. The second-order valence-electron chi connectivity index (χ2n) is 8.48. The standard InChI is InChI=1S/C21H31N3O2S.HI/c25-27(26)13-12-16(15-27)14-22-21(24-20-10-11-20)23-19-8-6-18(7-9-19)17-4-2-1-3-5-17;/h1-5,16,18-20H,6-15H2,(H2,22,23,24);1H. The van der Waals surface area contributed by atoms with Gasteiger partial charge in [0.2, 0.25) is 0 Å². The molecule has 1 unspecified atom stereocenters. The fraction of sp³-hybridized carbons (Fsp3) is 0.667. The van der Waals surface area contributed by atoms with Gasteiger partial charge in [0.1, 0.15) is 0 Å². The molecule has 2 aliphatic carbocycles. The second-order valence-corrected chi connectivity index (χ2v) is 10.7. The zero-order valence-corrected chi connectivity index (χ0v) is 19.5. The van der Waals surface area contributed by atoms with Gasteiger partial charge in [-0.05, 0) is 62.3 Å². The number of rotatable bonds is 5. The minimum Gasteiger partial charge on any atom is -0.354 e. The molecule has 1 aromatic rings. The second kappa shape index (κ2) is 9.78. The van der Waals surface area contributed by atoms with Crippen molar-refractivity contribution in [2.45, 2.75) is 62.9 Å². The van der Waals surface area contributed by atoms with Gasteiger partial charge in [-0.1, -0.05) is 30.3 Å². The zero-order valence-electron chi connectivity index (χ0n) is 16.3. The van der Waals surface area contributed by atoms with Crippen LogP contribution in [-0.2, 0) is 9.84 Å². The van der Waals surface area contributed by atoms with Gasteiger partial charge in [-0.2, -0.15) is 0 Å². The Morgan fingerprint density at radius 2 is 1.54 bits per heavy atom. The molecule has 28 heavy (non-hydrogen) atoms. The van der Waals surface area contributed by atoms with Crippen molar-refractivity contribution < 1.29 is 8.42 Å². The maximum Gasteiger partial charge on any atom is 0.191 e. The van der Waals surface area contributed by atoms with E-state index in [1.807, 2.05) is 0 Å². The van der Waals surface area contributed by atoms with Gasteiger partial charge >= 0.3 is 0 Å². The van der Waals surface area contributed by atoms with Crippen molar-refractivity contribution in [1.29, 1.82) is 0 Å². The average Bonchev–Trinajstić information content (AvgIpc) is 3.42. The SMILES string of the molecule is I.O=S1(=O)CCC(CN=C(NC2CC2)NC2CCC(c3ccccc3)CC2)C1. The molecule has 1 atom stereocenters. The van der Waals surface area contributed by atoms with Gasteiger partial charge < -0.3 is 10.6 Å². The van der Waals surface area contributed by atoms with E-state index in [2.05, 4.69) is 41.0 Å². The van der Waals surface area contributed by atoms with Crippen LogP contribution in [0.4, 0.5) is 0 Å². The van der Waals surface area contributed by atoms with Gasteiger partial charge in [0.25, 0.3) is 0 Å². The van der Waals surface area contributed by atoms with E-state index in [-0.39, 0.29) is 29.9 Å². The molecule has 3 aliphatic rings. The van der Waals surface area contributed by atoms with E-state index in [1.165, 1.54) is 31.2 Å². The quantitative estimate of drug-likeness (QED) is 0.357. The maximum atomic E-state index is 11.7. The van der Waals surface area contributed by atoms with Crippen LogP contribution >= 0.6 is 24.0 Å². The highest BCUT2D eigenvalue weighted by molar-refractivity contribution is 14.0. The van der Waals surface area contributed by atoms with Crippen LogP contribution in [0.2, 0.25) is 0 Å². The lowest BCUT2D eigenvalue weighted by atomic mass is 9.82. The fourth-order valence-electron chi connectivity index (χ4n) is 4.28. The number of halogens is 1. The molecule has 1 heterocycles. The fourth-order valence-corrected chi connectivity index (χ4v) is 6.13. The monoisotopic (exact) mass is 517 g/mol. The number of guanidine groups is 1. The Morgan fingerprint density at radius 1 is 0.929 bits per heavy atom. The summed E-state index contributed by atoms with van der Waals surface area (Å²) in [5.74, 6) is 2.38. The molecule has 5 nitrogen and oxygen atoms in total.